The SMILES string of the molecule is CCC(C)C1(C)CCC(O)CC1. The first-order valence-electron chi connectivity index (χ1n) is 5.26. The van der Waals surface area contributed by atoms with Gasteiger partial charge in [-0.05, 0) is 37.0 Å². The zero-order valence-corrected chi connectivity index (χ0v) is 8.64. The molecule has 0 heterocycles. The molecule has 0 aromatic heterocycles. The Morgan fingerprint density at radius 3 is 2.33 bits per heavy atom. The Kier molecular flexibility index (Phi) is 3.16. The molecule has 1 atom stereocenters. The fraction of sp³-hybridized carbons (Fsp3) is 1.00. The second-order valence-electron chi connectivity index (χ2n) is 4.69. The second kappa shape index (κ2) is 3.78. The summed E-state index contributed by atoms with van der Waals surface area (Å²) in [5.74, 6) is 0.810. The summed E-state index contributed by atoms with van der Waals surface area (Å²) in [5.41, 5.74) is 0.508. The van der Waals surface area contributed by atoms with Crippen LogP contribution in [0.4, 0.5) is 0 Å². The van der Waals surface area contributed by atoms with Gasteiger partial charge in [0.25, 0.3) is 0 Å². The van der Waals surface area contributed by atoms with Gasteiger partial charge in [0.1, 0.15) is 0 Å². The molecule has 1 nitrogen and oxygen atoms in total. The van der Waals surface area contributed by atoms with Crippen molar-refractivity contribution in [3.63, 3.8) is 0 Å². The van der Waals surface area contributed by atoms with Crippen LogP contribution in [0.2, 0.25) is 0 Å². The Bertz CT molecular complexity index is 134. The molecule has 1 rings (SSSR count). The molecule has 0 spiro atoms. The van der Waals surface area contributed by atoms with Gasteiger partial charge in [-0.2, -0.15) is 0 Å². The molecule has 1 fully saturated rings. The number of hydrogen-bond donors (Lipinski definition) is 1. The summed E-state index contributed by atoms with van der Waals surface area (Å²) in [6.07, 6.45) is 5.71. The largest absolute Gasteiger partial charge is 0.393 e. The first-order valence-corrected chi connectivity index (χ1v) is 5.26. The average Bonchev–Trinajstić information content (AvgIpc) is 2.09. The summed E-state index contributed by atoms with van der Waals surface area (Å²) in [6.45, 7) is 6.99. The zero-order valence-electron chi connectivity index (χ0n) is 8.64. The molecule has 0 aromatic carbocycles. The van der Waals surface area contributed by atoms with E-state index in [0.717, 1.165) is 18.8 Å². The van der Waals surface area contributed by atoms with Gasteiger partial charge < -0.3 is 5.11 Å². The van der Waals surface area contributed by atoms with Crippen LogP contribution in [0, 0.1) is 11.3 Å². The van der Waals surface area contributed by atoms with Crippen LogP contribution < -0.4 is 0 Å². The van der Waals surface area contributed by atoms with Crippen molar-refractivity contribution in [3.8, 4) is 0 Å². The Morgan fingerprint density at radius 2 is 1.92 bits per heavy atom. The van der Waals surface area contributed by atoms with Crippen LogP contribution in [-0.2, 0) is 0 Å². The van der Waals surface area contributed by atoms with Gasteiger partial charge in [0.2, 0.25) is 0 Å². The van der Waals surface area contributed by atoms with Crippen LogP contribution in [0.5, 0.6) is 0 Å². The van der Waals surface area contributed by atoms with Crippen LogP contribution >= 0.6 is 0 Å². The second-order valence-corrected chi connectivity index (χ2v) is 4.69. The van der Waals surface area contributed by atoms with E-state index in [2.05, 4.69) is 20.8 Å². The van der Waals surface area contributed by atoms with Crippen molar-refractivity contribution in [3.05, 3.63) is 0 Å². The smallest absolute Gasteiger partial charge is 0.0540 e. The number of hydrogen-bond acceptors (Lipinski definition) is 1. The highest BCUT2D eigenvalue weighted by Crippen LogP contribution is 2.43. The minimum absolute atomic E-state index is 0.0119. The van der Waals surface area contributed by atoms with E-state index in [9.17, 15) is 5.11 Å². The fourth-order valence-electron chi connectivity index (χ4n) is 2.25. The van der Waals surface area contributed by atoms with Gasteiger partial charge in [-0.1, -0.05) is 27.2 Å². The van der Waals surface area contributed by atoms with Crippen LogP contribution in [0.3, 0.4) is 0 Å². The van der Waals surface area contributed by atoms with Gasteiger partial charge in [0.15, 0.2) is 0 Å². The maximum Gasteiger partial charge on any atom is 0.0540 e. The first-order chi connectivity index (χ1) is 5.58. The molecule has 1 aliphatic carbocycles. The Balaban J connectivity index is 2.49. The lowest BCUT2D eigenvalue weighted by Crippen LogP contribution is -2.32. The van der Waals surface area contributed by atoms with Gasteiger partial charge in [-0.25, -0.2) is 0 Å². The molecule has 1 heteroatoms. The molecular formula is C11H22O. The summed E-state index contributed by atoms with van der Waals surface area (Å²) in [7, 11) is 0. The lowest BCUT2D eigenvalue weighted by molar-refractivity contribution is 0.0405. The molecule has 0 aromatic rings. The average molecular weight is 170 g/mol. The van der Waals surface area contributed by atoms with Gasteiger partial charge >= 0.3 is 0 Å². The third kappa shape index (κ3) is 2.01. The zero-order chi connectivity index (χ0) is 9.19. The topological polar surface area (TPSA) is 20.2 Å². The molecule has 0 aliphatic heterocycles. The van der Waals surface area contributed by atoms with Crippen molar-refractivity contribution >= 4 is 0 Å². The Hall–Kier alpha value is -0.0400. The van der Waals surface area contributed by atoms with E-state index in [-0.39, 0.29) is 6.10 Å². The highest BCUT2D eigenvalue weighted by atomic mass is 16.3. The van der Waals surface area contributed by atoms with Gasteiger partial charge in [-0.3, -0.25) is 0 Å². The molecule has 0 radical (unpaired) electrons. The van der Waals surface area contributed by atoms with Crippen molar-refractivity contribution < 1.29 is 5.11 Å². The molecule has 0 amide bonds. The van der Waals surface area contributed by atoms with Crippen molar-refractivity contribution in [2.45, 2.75) is 59.0 Å². The van der Waals surface area contributed by atoms with Gasteiger partial charge in [-0.15, -0.1) is 0 Å². The summed E-state index contributed by atoms with van der Waals surface area (Å²) >= 11 is 0. The van der Waals surface area contributed by atoms with E-state index in [1.807, 2.05) is 0 Å². The lowest BCUT2D eigenvalue weighted by atomic mass is 9.66. The van der Waals surface area contributed by atoms with Crippen LogP contribution in [0.15, 0.2) is 0 Å². The monoisotopic (exact) mass is 170 g/mol. The van der Waals surface area contributed by atoms with E-state index in [0.29, 0.717) is 5.41 Å². The number of rotatable bonds is 2. The van der Waals surface area contributed by atoms with Crippen molar-refractivity contribution in [1.29, 1.82) is 0 Å². The standard InChI is InChI=1S/C11H22O/c1-4-9(2)11(3)7-5-10(12)6-8-11/h9-10,12H,4-8H2,1-3H3. The Morgan fingerprint density at radius 1 is 1.42 bits per heavy atom. The predicted molar refractivity (Wildman–Crippen MR) is 52.0 cm³/mol. The van der Waals surface area contributed by atoms with E-state index in [1.54, 1.807) is 0 Å². The number of aliphatic hydroxyl groups is 1. The summed E-state index contributed by atoms with van der Waals surface area (Å²) in [4.78, 5) is 0. The molecule has 1 N–H and O–H groups in total. The van der Waals surface area contributed by atoms with Crippen molar-refractivity contribution in [2.24, 2.45) is 11.3 Å². The third-order valence-electron chi connectivity index (χ3n) is 3.90. The third-order valence-corrected chi connectivity index (χ3v) is 3.90. The number of aliphatic hydroxyl groups excluding tert-OH is 1. The molecule has 12 heavy (non-hydrogen) atoms. The van der Waals surface area contributed by atoms with E-state index < -0.39 is 0 Å². The van der Waals surface area contributed by atoms with Crippen molar-refractivity contribution in [1.82, 2.24) is 0 Å². The van der Waals surface area contributed by atoms with Crippen LogP contribution in [-0.4, -0.2) is 11.2 Å². The van der Waals surface area contributed by atoms with Crippen molar-refractivity contribution in [2.75, 3.05) is 0 Å². The quantitative estimate of drug-likeness (QED) is 0.675. The lowest BCUT2D eigenvalue weighted by Gasteiger charge is -2.40. The van der Waals surface area contributed by atoms with Crippen LogP contribution in [0.25, 0.3) is 0 Å². The summed E-state index contributed by atoms with van der Waals surface area (Å²) in [5, 5.41) is 9.40. The molecule has 72 valence electrons. The maximum atomic E-state index is 9.40. The minimum Gasteiger partial charge on any atom is -0.393 e. The maximum absolute atomic E-state index is 9.40. The van der Waals surface area contributed by atoms with Gasteiger partial charge in [0, 0.05) is 0 Å². The Labute approximate surface area is 76.2 Å². The van der Waals surface area contributed by atoms with E-state index in [1.165, 1.54) is 19.3 Å². The minimum atomic E-state index is -0.0119. The summed E-state index contributed by atoms with van der Waals surface area (Å²) in [6, 6.07) is 0. The molecule has 1 unspecified atom stereocenters. The molecular weight excluding hydrogens is 148 g/mol. The van der Waals surface area contributed by atoms with Crippen LogP contribution in [0.1, 0.15) is 52.9 Å². The highest BCUT2D eigenvalue weighted by molar-refractivity contribution is 4.85. The first kappa shape index (κ1) is 10.0. The normalized spacial score (nSPS) is 39.5. The molecule has 1 aliphatic rings. The van der Waals surface area contributed by atoms with E-state index in [4.69, 9.17) is 0 Å². The van der Waals surface area contributed by atoms with E-state index >= 15 is 0 Å². The summed E-state index contributed by atoms with van der Waals surface area (Å²) < 4.78 is 0. The van der Waals surface area contributed by atoms with Gasteiger partial charge in [0.05, 0.1) is 6.10 Å². The fourth-order valence-corrected chi connectivity index (χ4v) is 2.25. The predicted octanol–water partition coefficient (Wildman–Crippen LogP) is 2.97. The molecule has 1 saturated carbocycles. The molecule has 0 bridgehead atoms. The highest BCUT2D eigenvalue weighted by Gasteiger charge is 2.33. The molecule has 0 saturated heterocycles.